The van der Waals surface area contributed by atoms with Crippen molar-refractivity contribution in [1.29, 1.82) is 0 Å². The summed E-state index contributed by atoms with van der Waals surface area (Å²) in [4.78, 5) is 23.4. The molecule has 0 aromatic carbocycles. The number of phosphoric ester groups is 1. The minimum Gasteiger partial charge on any atom is -0.387 e. The van der Waals surface area contributed by atoms with E-state index in [4.69, 9.17) is 9.05 Å². The first-order valence-electron chi connectivity index (χ1n) is 33.8. The van der Waals surface area contributed by atoms with Gasteiger partial charge in [-0.2, -0.15) is 0 Å². The number of hydrogen-bond donors (Lipinski definition) is 3. The molecule has 0 rings (SSSR count). The van der Waals surface area contributed by atoms with Crippen LogP contribution in [0.3, 0.4) is 0 Å². The van der Waals surface area contributed by atoms with E-state index in [1.54, 1.807) is 6.08 Å². The summed E-state index contributed by atoms with van der Waals surface area (Å²) in [6.45, 7) is 4.69. The van der Waals surface area contributed by atoms with Gasteiger partial charge in [0.2, 0.25) is 5.91 Å². The van der Waals surface area contributed by atoms with E-state index in [0.29, 0.717) is 17.4 Å². The SMILES string of the molecule is CC/C=C\C/C=C\C/C=C\C/C=C\C/C=C\C/C=C\CCCCCCCCCCCCCCCCCCC(=O)NC(COP(=O)(O)OCC[N+](C)(C)C)C(O)/C=C/CC/C=C/CC/C=C/CCCCCCCCCCCCCCCC. The molecule has 0 aliphatic carbocycles. The van der Waals surface area contributed by atoms with Gasteiger partial charge in [0.1, 0.15) is 13.2 Å². The Morgan fingerprint density at radius 3 is 1.14 bits per heavy atom. The maximum Gasteiger partial charge on any atom is 0.472 e. The van der Waals surface area contributed by atoms with Crippen LogP contribution in [0.5, 0.6) is 0 Å². The van der Waals surface area contributed by atoms with Crippen molar-refractivity contribution in [2.24, 2.45) is 0 Å². The third-order valence-corrected chi connectivity index (χ3v) is 15.7. The molecule has 0 fully saturated rings. The highest BCUT2D eigenvalue weighted by Gasteiger charge is 2.28. The molecule has 0 aromatic rings. The first-order valence-corrected chi connectivity index (χ1v) is 35.3. The summed E-state index contributed by atoms with van der Waals surface area (Å²) in [6, 6.07) is -0.877. The van der Waals surface area contributed by atoms with Crippen LogP contribution in [-0.4, -0.2) is 73.4 Å². The second kappa shape index (κ2) is 61.7. The molecule has 8 nitrogen and oxygen atoms in total. The summed E-state index contributed by atoms with van der Waals surface area (Å²) < 4.78 is 23.8. The summed E-state index contributed by atoms with van der Waals surface area (Å²) in [5.41, 5.74) is 0. The molecule has 0 spiro atoms. The number of aliphatic hydroxyl groups excluding tert-OH is 1. The summed E-state index contributed by atoms with van der Waals surface area (Å²) >= 11 is 0. The van der Waals surface area contributed by atoms with E-state index in [1.165, 1.54) is 186 Å². The largest absolute Gasteiger partial charge is 0.472 e. The Labute approximate surface area is 501 Å². The number of unbranched alkanes of at least 4 members (excludes halogenated alkanes) is 32. The lowest BCUT2D eigenvalue weighted by Crippen LogP contribution is -2.45. The van der Waals surface area contributed by atoms with Gasteiger partial charge in [0.25, 0.3) is 0 Å². The molecule has 0 aromatic heterocycles. The Balaban J connectivity index is 4.14. The second-order valence-corrected chi connectivity index (χ2v) is 25.3. The number of allylic oxidation sites excluding steroid dienone is 17. The van der Waals surface area contributed by atoms with Crippen LogP contribution in [0, 0.1) is 0 Å². The first-order chi connectivity index (χ1) is 39.5. The van der Waals surface area contributed by atoms with E-state index < -0.39 is 20.0 Å². The van der Waals surface area contributed by atoms with Gasteiger partial charge in [0.05, 0.1) is 39.9 Å². The van der Waals surface area contributed by atoms with Gasteiger partial charge < -0.3 is 19.8 Å². The van der Waals surface area contributed by atoms with Gasteiger partial charge in [-0.3, -0.25) is 13.8 Å². The number of rotatable bonds is 61. The van der Waals surface area contributed by atoms with Gasteiger partial charge >= 0.3 is 7.82 Å². The normalized spacial score (nSPS) is 14.4. The number of carbonyl (C=O) groups is 1. The predicted molar refractivity (Wildman–Crippen MR) is 355 cm³/mol. The molecular weight excluding hydrogens is 1020 g/mol. The highest BCUT2D eigenvalue weighted by molar-refractivity contribution is 7.47. The molecule has 0 bridgehead atoms. The van der Waals surface area contributed by atoms with Crippen molar-refractivity contribution in [1.82, 2.24) is 5.32 Å². The summed E-state index contributed by atoms with van der Waals surface area (Å²) in [5.74, 6) is -0.191. The van der Waals surface area contributed by atoms with Gasteiger partial charge in [-0.25, -0.2) is 4.57 Å². The number of aliphatic hydroxyl groups is 1. The first kappa shape index (κ1) is 78.2. The molecule has 0 radical (unpaired) electrons. The summed E-state index contributed by atoms with van der Waals surface area (Å²) in [5, 5.41) is 14.0. The monoisotopic (exact) mass is 1150 g/mol. The number of hydrogen-bond acceptors (Lipinski definition) is 5. The average molecular weight is 1150 g/mol. The Kier molecular flexibility index (Phi) is 59.5. The van der Waals surface area contributed by atoms with Crippen molar-refractivity contribution in [3.8, 4) is 0 Å². The molecule has 0 aliphatic heterocycles. The highest BCUT2D eigenvalue weighted by atomic mass is 31.2. The van der Waals surface area contributed by atoms with Crippen molar-refractivity contribution < 1.29 is 32.9 Å². The Bertz CT molecular complexity index is 1690. The highest BCUT2D eigenvalue weighted by Crippen LogP contribution is 2.43. The van der Waals surface area contributed by atoms with E-state index in [2.05, 4.69) is 116 Å². The zero-order chi connectivity index (χ0) is 59.1. The number of phosphoric acid groups is 1. The zero-order valence-electron chi connectivity index (χ0n) is 53.5. The second-order valence-electron chi connectivity index (χ2n) is 23.8. The molecule has 0 saturated heterocycles. The molecule has 0 saturated carbocycles. The molecule has 0 heterocycles. The third-order valence-electron chi connectivity index (χ3n) is 14.7. The molecule has 3 atom stereocenters. The number of carbonyl (C=O) groups excluding carboxylic acids is 1. The van der Waals surface area contributed by atoms with Crippen LogP contribution in [0.2, 0.25) is 0 Å². The molecule has 81 heavy (non-hydrogen) atoms. The fourth-order valence-corrected chi connectivity index (χ4v) is 10.2. The van der Waals surface area contributed by atoms with Crippen molar-refractivity contribution in [2.45, 2.75) is 302 Å². The number of amides is 1. The molecule has 1 amide bonds. The minimum absolute atomic E-state index is 0.0502. The van der Waals surface area contributed by atoms with Gasteiger partial charge in [0.15, 0.2) is 0 Å². The van der Waals surface area contributed by atoms with Crippen molar-refractivity contribution in [2.75, 3.05) is 40.9 Å². The lowest BCUT2D eigenvalue weighted by Gasteiger charge is -2.25. The van der Waals surface area contributed by atoms with Crippen molar-refractivity contribution >= 4 is 13.7 Å². The lowest BCUT2D eigenvalue weighted by atomic mass is 10.0. The van der Waals surface area contributed by atoms with Crippen LogP contribution < -0.4 is 5.32 Å². The molecule has 3 unspecified atom stereocenters. The Morgan fingerprint density at radius 1 is 0.432 bits per heavy atom. The van der Waals surface area contributed by atoms with Gasteiger partial charge in [-0.05, 0) is 96.3 Å². The topological polar surface area (TPSA) is 105 Å². The van der Waals surface area contributed by atoms with E-state index in [0.717, 1.165) is 83.5 Å². The van der Waals surface area contributed by atoms with Crippen LogP contribution in [0.25, 0.3) is 0 Å². The maximum atomic E-state index is 13.0. The Morgan fingerprint density at radius 2 is 0.753 bits per heavy atom. The van der Waals surface area contributed by atoms with Gasteiger partial charge in [-0.15, -0.1) is 0 Å². The third kappa shape index (κ3) is 64.6. The minimum atomic E-state index is -4.37. The van der Waals surface area contributed by atoms with Crippen LogP contribution in [0.15, 0.2) is 109 Å². The quantitative estimate of drug-likeness (QED) is 0.0243. The number of nitrogens with zero attached hydrogens (tertiary/aromatic N) is 1. The Hall–Kier alpha value is -2.84. The predicted octanol–water partition coefficient (Wildman–Crippen LogP) is 21.5. The number of quaternary nitrogens is 1. The van der Waals surface area contributed by atoms with Gasteiger partial charge in [-0.1, -0.05) is 297 Å². The molecule has 3 N–H and O–H groups in total. The molecule has 9 heteroatoms. The van der Waals surface area contributed by atoms with Crippen LogP contribution >= 0.6 is 7.82 Å². The van der Waals surface area contributed by atoms with Gasteiger partial charge in [0, 0.05) is 6.42 Å². The summed E-state index contributed by atoms with van der Waals surface area (Å²) in [7, 11) is 1.54. The van der Waals surface area contributed by atoms with E-state index in [-0.39, 0.29) is 19.1 Å². The summed E-state index contributed by atoms with van der Waals surface area (Å²) in [6.07, 6.45) is 90.8. The van der Waals surface area contributed by atoms with Crippen LogP contribution in [-0.2, 0) is 18.4 Å². The van der Waals surface area contributed by atoms with E-state index >= 15 is 0 Å². The van der Waals surface area contributed by atoms with E-state index in [1.807, 2.05) is 27.2 Å². The smallest absolute Gasteiger partial charge is 0.387 e. The zero-order valence-corrected chi connectivity index (χ0v) is 54.4. The van der Waals surface area contributed by atoms with E-state index in [9.17, 15) is 19.4 Å². The fourth-order valence-electron chi connectivity index (χ4n) is 9.49. The standard InChI is InChI=1S/C72H129N2O6P/c1-6-8-10-12-14-16-18-20-22-24-26-28-30-32-33-34-35-36-37-38-39-40-41-42-44-46-48-50-52-54-56-58-60-62-64-66-72(76)73-70(69-80-81(77,78)79-68-67-74(3,4)5)71(75)65-63-61-59-57-55-53-51-49-47-45-43-31-29-27-25-23-21-19-17-15-13-11-9-7-2/h8,10,14,16,20,22,26,28,32-33,35-36,47,49,55,57,63,65,70-71,75H,6-7,9,11-13,15,17-19,21,23-25,27,29-31,34,37-46,48,50-54,56,58-62,64,66-69H2,1-5H3,(H-,73,76,77,78)/p+1/b10-8-,16-14-,22-20-,28-26-,33-32-,36-35-,49-47+,57-55+,65-63+. The molecule has 0 aliphatic rings. The number of nitrogens with one attached hydrogen (secondary N) is 1. The van der Waals surface area contributed by atoms with Crippen LogP contribution in [0.4, 0.5) is 0 Å². The van der Waals surface area contributed by atoms with Crippen molar-refractivity contribution in [3.05, 3.63) is 109 Å². The molecular formula is C72H130N2O6P+. The maximum absolute atomic E-state index is 13.0. The van der Waals surface area contributed by atoms with Crippen molar-refractivity contribution in [3.63, 3.8) is 0 Å². The number of likely N-dealkylation sites (N-methyl/N-ethyl adjacent to an activating group) is 1. The lowest BCUT2D eigenvalue weighted by molar-refractivity contribution is -0.870. The van der Waals surface area contributed by atoms with Crippen LogP contribution in [0.1, 0.15) is 290 Å². The average Bonchev–Trinajstić information content (AvgIpc) is 3.43. The molecule has 468 valence electrons. The fraction of sp³-hybridized carbons (Fsp3) is 0.736.